The molecule has 0 aromatic carbocycles. The Bertz CT molecular complexity index is 112. The second-order valence-electron chi connectivity index (χ2n) is 1.85. The van der Waals surface area contributed by atoms with E-state index < -0.39 is 0 Å². The molecule has 0 N–H and O–H groups in total. The minimum Gasteiger partial charge on any atom is -0.266 e. The van der Waals surface area contributed by atoms with Gasteiger partial charge in [-0.05, 0) is 19.8 Å². The van der Waals surface area contributed by atoms with Gasteiger partial charge in [0.25, 0.3) is 0 Å². The number of rotatable bonds is 3. The monoisotopic (exact) mass is 155 g/mol. The third-order valence-electron chi connectivity index (χ3n) is 1.14. The average Bonchev–Trinajstić information content (AvgIpc) is 2.10. The largest absolute Gasteiger partial charge is 0.266 e. The normalized spacial score (nSPS) is 11.2. The van der Waals surface area contributed by atoms with Gasteiger partial charge in [0.05, 0.1) is 0 Å². The summed E-state index contributed by atoms with van der Waals surface area (Å²) < 4.78 is 0. The van der Waals surface area contributed by atoms with Crippen LogP contribution >= 0.6 is 0 Å². The van der Waals surface area contributed by atoms with E-state index in [1.807, 2.05) is 33.1 Å². The molecule has 0 amide bonds. The highest BCUT2D eigenvalue weighted by atomic mass is 14.7. The van der Waals surface area contributed by atoms with Gasteiger partial charge in [-0.2, -0.15) is 0 Å². The van der Waals surface area contributed by atoms with E-state index in [0.29, 0.717) is 0 Å². The van der Waals surface area contributed by atoms with E-state index in [4.69, 9.17) is 0 Å². The maximum Gasteiger partial charge on any atom is 0.0354 e. The van der Waals surface area contributed by atoms with Crippen LogP contribution in [0.15, 0.2) is 16.8 Å². The Morgan fingerprint density at radius 2 is 1.82 bits per heavy atom. The lowest BCUT2D eigenvalue weighted by atomic mass is 10.3. The predicted molar refractivity (Wildman–Crippen MR) is 54.2 cm³/mol. The topological polar surface area (TPSA) is 12.4 Å². The summed E-state index contributed by atoms with van der Waals surface area (Å²) in [4.78, 5) is 4.22. The summed E-state index contributed by atoms with van der Waals surface area (Å²) in [6.07, 6.45) is 6.05. The van der Waals surface area contributed by atoms with E-state index in [0.717, 1.165) is 12.8 Å². The molecule has 0 unspecified atom stereocenters. The standard InChI is InChI=1S/C8H15N.C2H6/c1-4-7-9-8(5-2)6-3;1-2/h5,7H,4,6H2,1-3H3;1-2H3/b8-5-,9-7?;. The van der Waals surface area contributed by atoms with Crippen molar-refractivity contribution >= 4 is 6.21 Å². The van der Waals surface area contributed by atoms with Gasteiger partial charge < -0.3 is 0 Å². The van der Waals surface area contributed by atoms with E-state index in [-0.39, 0.29) is 0 Å². The molecule has 0 fully saturated rings. The fraction of sp³-hybridized carbons (Fsp3) is 0.700. The minimum absolute atomic E-state index is 1.03. The van der Waals surface area contributed by atoms with Gasteiger partial charge in [0, 0.05) is 11.9 Å². The van der Waals surface area contributed by atoms with Gasteiger partial charge in [-0.15, -0.1) is 0 Å². The zero-order valence-electron chi connectivity index (χ0n) is 8.52. The molecular weight excluding hydrogens is 134 g/mol. The first-order chi connectivity index (χ1) is 5.35. The van der Waals surface area contributed by atoms with Crippen LogP contribution in [0.5, 0.6) is 0 Å². The van der Waals surface area contributed by atoms with Gasteiger partial charge in [-0.1, -0.05) is 33.8 Å². The lowest BCUT2D eigenvalue weighted by Crippen LogP contribution is -1.74. The van der Waals surface area contributed by atoms with E-state index >= 15 is 0 Å². The summed E-state index contributed by atoms with van der Waals surface area (Å²) in [7, 11) is 0. The molecule has 1 heteroatoms. The van der Waals surface area contributed by atoms with Crippen LogP contribution in [0, 0.1) is 0 Å². The van der Waals surface area contributed by atoms with Crippen LogP contribution in [0.3, 0.4) is 0 Å². The fourth-order valence-corrected chi connectivity index (χ4v) is 0.578. The lowest BCUT2D eigenvalue weighted by Gasteiger charge is -1.91. The molecule has 0 aromatic rings. The average molecular weight is 155 g/mol. The van der Waals surface area contributed by atoms with Gasteiger partial charge >= 0.3 is 0 Å². The summed E-state index contributed by atoms with van der Waals surface area (Å²) in [5.74, 6) is 0. The molecule has 0 heterocycles. The Hall–Kier alpha value is -0.590. The molecule has 0 aliphatic heterocycles. The first kappa shape index (κ1) is 13.0. The van der Waals surface area contributed by atoms with Gasteiger partial charge in [-0.25, -0.2) is 0 Å². The number of nitrogens with zero attached hydrogens (tertiary/aromatic N) is 1. The molecule has 0 rings (SSSR count). The molecule has 11 heavy (non-hydrogen) atoms. The van der Waals surface area contributed by atoms with E-state index in [2.05, 4.69) is 18.8 Å². The maximum atomic E-state index is 4.22. The van der Waals surface area contributed by atoms with Crippen molar-refractivity contribution in [2.24, 2.45) is 4.99 Å². The van der Waals surface area contributed by atoms with Crippen molar-refractivity contribution in [1.29, 1.82) is 0 Å². The summed E-state index contributed by atoms with van der Waals surface area (Å²) in [6.45, 7) is 10.2. The van der Waals surface area contributed by atoms with Crippen molar-refractivity contribution < 1.29 is 0 Å². The van der Waals surface area contributed by atoms with Gasteiger partial charge in [0.2, 0.25) is 0 Å². The van der Waals surface area contributed by atoms with Crippen LogP contribution in [0.2, 0.25) is 0 Å². The molecule has 0 bridgehead atoms. The zero-order valence-corrected chi connectivity index (χ0v) is 8.52. The van der Waals surface area contributed by atoms with Crippen LogP contribution < -0.4 is 0 Å². The third-order valence-corrected chi connectivity index (χ3v) is 1.14. The quantitative estimate of drug-likeness (QED) is 0.550. The Kier molecular flexibility index (Phi) is 14.4. The highest BCUT2D eigenvalue weighted by molar-refractivity contribution is 5.58. The number of allylic oxidation sites excluding steroid dienone is 2. The van der Waals surface area contributed by atoms with Gasteiger partial charge in [0.15, 0.2) is 0 Å². The maximum absolute atomic E-state index is 4.22. The van der Waals surface area contributed by atoms with Crippen molar-refractivity contribution in [3.63, 3.8) is 0 Å². The molecule has 0 aromatic heterocycles. The minimum atomic E-state index is 1.03. The number of aliphatic imine (C=N–C) groups is 1. The zero-order chi connectivity index (χ0) is 9.11. The molecule has 0 saturated heterocycles. The van der Waals surface area contributed by atoms with Gasteiger partial charge in [0.1, 0.15) is 0 Å². The molecule has 66 valence electrons. The summed E-state index contributed by atoms with van der Waals surface area (Å²) >= 11 is 0. The molecule has 0 aliphatic carbocycles. The number of hydrogen-bond donors (Lipinski definition) is 0. The van der Waals surface area contributed by atoms with Crippen molar-refractivity contribution in [1.82, 2.24) is 0 Å². The Morgan fingerprint density at radius 1 is 1.27 bits per heavy atom. The van der Waals surface area contributed by atoms with Gasteiger partial charge in [-0.3, -0.25) is 4.99 Å². The molecule has 1 nitrogen and oxygen atoms in total. The number of hydrogen-bond acceptors (Lipinski definition) is 1. The van der Waals surface area contributed by atoms with E-state index in [9.17, 15) is 0 Å². The van der Waals surface area contributed by atoms with E-state index in [1.165, 1.54) is 5.70 Å². The first-order valence-electron chi connectivity index (χ1n) is 4.52. The molecule has 0 radical (unpaired) electrons. The Morgan fingerprint density at radius 3 is 2.09 bits per heavy atom. The van der Waals surface area contributed by atoms with Crippen molar-refractivity contribution in [3.8, 4) is 0 Å². The molecule has 0 spiro atoms. The highest BCUT2D eigenvalue weighted by Crippen LogP contribution is 1.99. The van der Waals surface area contributed by atoms with Crippen LogP contribution in [-0.2, 0) is 0 Å². The second-order valence-corrected chi connectivity index (χ2v) is 1.85. The predicted octanol–water partition coefficient (Wildman–Crippen LogP) is 3.81. The molecular formula is C10H21N. The summed E-state index contributed by atoms with van der Waals surface area (Å²) in [5, 5.41) is 0. The van der Waals surface area contributed by atoms with Crippen LogP contribution in [0.25, 0.3) is 0 Å². The summed E-state index contributed by atoms with van der Waals surface area (Å²) in [6, 6.07) is 0. The Labute approximate surface area is 71.2 Å². The van der Waals surface area contributed by atoms with Crippen molar-refractivity contribution in [3.05, 3.63) is 11.8 Å². The second kappa shape index (κ2) is 12.1. The fourth-order valence-electron chi connectivity index (χ4n) is 0.578. The Balaban J connectivity index is 0. The van der Waals surface area contributed by atoms with Crippen LogP contribution in [-0.4, -0.2) is 6.21 Å². The smallest absolute Gasteiger partial charge is 0.0354 e. The van der Waals surface area contributed by atoms with Crippen molar-refractivity contribution in [2.75, 3.05) is 0 Å². The van der Waals surface area contributed by atoms with Crippen LogP contribution in [0.4, 0.5) is 0 Å². The lowest BCUT2D eigenvalue weighted by molar-refractivity contribution is 1.06. The van der Waals surface area contributed by atoms with Crippen LogP contribution in [0.1, 0.15) is 47.5 Å². The van der Waals surface area contributed by atoms with E-state index in [1.54, 1.807) is 0 Å². The highest BCUT2D eigenvalue weighted by Gasteiger charge is 1.82. The first-order valence-corrected chi connectivity index (χ1v) is 4.52. The molecule has 0 atom stereocenters. The summed E-state index contributed by atoms with van der Waals surface area (Å²) in [5.41, 5.74) is 1.18. The molecule has 0 saturated carbocycles. The third kappa shape index (κ3) is 9.41. The molecule has 0 aliphatic rings. The SMILES string of the molecule is C/C=C(/CC)N=CCC.CC. The van der Waals surface area contributed by atoms with Crippen molar-refractivity contribution in [2.45, 2.75) is 47.5 Å².